The van der Waals surface area contributed by atoms with E-state index in [1.54, 1.807) is 13.3 Å². The Morgan fingerprint density at radius 1 is 1.11 bits per heavy atom. The number of hydrogen-bond acceptors (Lipinski definition) is 4. The molecule has 1 amide bonds. The van der Waals surface area contributed by atoms with Gasteiger partial charge in [0.2, 0.25) is 0 Å². The van der Waals surface area contributed by atoms with E-state index in [0.29, 0.717) is 12.1 Å². The zero-order chi connectivity index (χ0) is 19.3. The molecular formula is C23H23N3O2. The van der Waals surface area contributed by atoms with Crippen LogP contribution in [0.2, 0.25) is 0 Å². The van der Waals surface area contributed by atoms with E-state index in [2.05, 4.69) is 16.4 Å². The number of para-hydroxylation sites is 1. The summed E-state index contributed by atoms with van der Waals surface area (Å²) in [7, 11) is 1.66. The van der Waals surface area contributed by atoms with E-state index >= 15 is 0 Å². The third-order valence-electron chi connectivity index (χ3n) is 5.00. The topological polar surface area (TPSA) is 54.5 Å². The second-order valence-corrected chi connectivity index (χ2v) is 6.82. The van der Waals surface area contributed by atoms with Crippen molar-refractivity contribution in [2.24, 2.45) is 0 Å². The Morgan fingerprint density at radius 2 is 1.93 bits per heavy atom. The predicted molar refractivity (Wildman–Crippen MR) is 111 cm³/mol. The van der Waals surface area contributed by atoms with Gasteiger partial charge in [0.05, 0.1) is 12.7 Å². The highest BCUT2D eigenvalue weighted by Crippen LogP contribution is 2.28. The SMILES string of the molecule is COc1ccc(CNc2ccc(C(=O)N3CCCc4ccccc43)cn2)cc1. The first-order valence-electron chi connectivity index (χ1n) is 9.47. The highest BCUT2D eigenvalue weighted by molar-refractivity contribution is 6.06. The van der Waals surface area contributed by atoms with E-state index in [1.165, 1.54) is 5.56 Å². The molecule has 0 bridgehead atoms. The number of fused-ring (bicyclic) bond motifs is 1. The Bertz CT molecular complexity index is 952. The van der Waals surface area contributed by atoms with Crippen LogP contribution >= 0.6 is 0 Å². The smallest absolute Gasteiger partial charge is 0.259 e. The van der Waals surface area contributed by atoms with Crippen LogP contribution in [0.4, 0.5) is 11.5 Å². The molecule has 4 rings (SSSR count). The maximum atomic E-state index is 13.0. The molecule has 1 aliphatic rings. The molecule has 28 heavy (non-hydrogen) atoms. The summed E-state index contributed by atoms with van der Waals surface area (Å²) >= 11 is 0. The molecule has 0 spiro atoms. The standard InChI is InChI=1S/C23H23N3O2/c1-28-20-11-8-17(9-12-20)15-24-22-13-10-19(16-25-22)23(27)26-14-4-6-18-5-2-3-7-21(18)26/h2-3,5,7-13,16H,4,6,14-15H2,1H3,(H,24,25). The van der Waals surface area contributed by atoms with Gasteiger partial charge in [-0.05, 0) is 54.3 Å². The van der Waals surface area contributed by atoms with E-state index in [-0.39, 0.29) is 5.91 Å². The summed E-state index contributed by atoms with van der Waals surface area (Å²) in [5.41, 5.74) is 3.98. The number of aromatic nitrogens is 1. The van der Waals surface area contributed by atoms with Crippen LogP contribution in [0.1, 0.15) is 27.9 Å². The fourth-order valence-electron chi connectivity index (χ4n) is 3.46. The van der Waals surface area contributed by atoms with Crippen molar-refractivity contribution < 1.29 is 9.53 Å². The monoisotopic (exact) mass is 373 g/mol. The van der Waals surface area contributed by atoms with Gasteiger partial charge >= 0.3 is 0 Å². The van der Waals surface area contributed by atoms with E-state index in [9.17, 15) is 4.79 Å². The average molecular weight is 373 g/mol. The van der Waals surface area contributed by atoms with Crippen molar-refractivity contribution in [3.8, 4) is 5.75 Å². The number of anilines is 2. The number of ether oxygens (including phenoxy) is 1. The summed E-state index contributed by atoms with van der Waals surface area (Å²) in [5, 5.41) is 3.28. The molecule has 2 aromatic carbocycles. The van der Waals surface area contributed by atoms with Gasteiger partial charge in [0.1, 0.15) is 11.6 Å². The largest absolute Gasteiger partial charge is 0.497 e. The summed E-state index contributed by atoms with van der Waals surface area (Å²) in [6.07, 6.45) is 3.65. The highest BCUT2D eigenvalue weighted by Gasteiger charge is 2.23. The average Bonchev–Trinajstić information content (AvgIpc) is 2.77. The number of benzene rings is 2. The van der Waals surface area contributed by atoms with Crippen molar-refractivity contribution in [1.82, 2.24) is 4.98 Å². The first-order valence-corrected chi connectivity index (χ1v) is 9.47. The lowest BCUT2D eigenvalue weighted by Gasteiger charge is -2.29. The lowest BCUT2D eigenvalue weighted by molar-refractivity contribution is 0.0985. The molecule has 1 aliphatic heterocycles. The Labute approximate surface area is 165 Å². The van der Waals surface area contributed by atoms with Gasteiger partial charge in [-0.3, -0.25) is 4.79 Å². The summed E-state index contributed by atoms with van der Waals surface area (Å²) in [5.74, 6) is 1.58. The van der Waals surface area contributed by atoms with Crippen LogP contribution in [0, 0.1) is 0 Å². The lowest BCUT2D eigenvalue weighted by Crippen LogP contribution is -2.35. The maximum absolute atomic E-state index is 13.0. The van der Waals surface area contributed by atoms with Crippen molar-refractivity contribution in [2.45, 2.75) is 19.4 Å². The van der Waals surface area contributed by atoms with Crippen LogP contribution in [0.3, 0.4) is 0 Å². The zero-order valence-electron chi connectivity index (χ0n) is 15.9. The van der Waals surface area contributed by atoms with Crippen LogP contribution in [-0.4, -0.2) is 24.5 Å². The quantitative estimate of drug-likeness (QED) is 0.725. The van der Waals surface area contributed by atoms with Crippen LogP contribution in [0.25, 0.3) is 0 Å². The summed E-state index contributed by atoms with van der Waals surface area (Å²) in [6.45, 7) is 1.40. The van der Waals surface area contributed by atoms with E-state index in [4.69, 9.17) is 4.74 Å². The Hall–Kier alpha value is -3.34. The second-order valence-electron chi connectivity index (χ2n) is 6.82. The Kier molecular flexibility index (Phi) is 5.24. The molecule has 0 radical (unpaired) electrons. The van der Waals surface area contributed by atoms with E-state index < -0.39 is 0 Å². The molecular weight excluding hydrogens is 350 g/mol. The van der Waals surface area contributed by atoms with Gasteiger partial charge in [0.25, 0.3) is 5.91 Å². The molecule has 1 aromatic heterocycles. The van der Waals surface area contributed by atoms with Crippen molar-refractivity contribution in [2.75, 3.05) is 23.9 Å². The third kappa shape index (κ3) is 3.83. The number of carbonyl (C=O) groups excluding carboxylic acids is 1. The molecule has 0 aliphatic carbocycles. The number of hydrogen-bond donors (Lipinski definition) is 1. The molecule has 0 unspecified atom stereocenters. The molecule has 142 valence electrons. The third-order valence-corrected chi connectivity index (χ3v) is 5.00. The van der Waals surface area contributed by atoms with Crippen LogP contribution < -0.4 is 15.0 Å². The number of carbonyl (C=O) groups is 1. The van der Waals surface area contributed by atoms with Crippen LogP contribution in [0.15, 0.2) is 66.9 Å². The number of pyridine rings is 1. The molecule has 2 heterocycles. The minimum atomic E-state index is 0.00125. The fourth-order valence-corrected chi connectivity index (χ4v) is 3.46. The molecule has 0 atom stereocenters. The zero-order valence-corrected chi connectivity index (χ0v) is 15.9. The van der Waals surface area contributed by atoms with E-state index in [0.717, 1.165) is 42.2 Å². The molecule has 0 saturated carbocycles. The van der Waals surface area contributed by atoms with Gasteiger partial charge in [-0.1, -0.05) is 30.3 Å². The summed E-state index contributed by atoms with van der Waals surface area (Å²) < 4.78 is 5.17. The Balaban J connectivity index is 1.42. The van der Waals surface area contributed by atoms with Gasteiger partial charge < -0.3 is 15.0 Å². The normalized spacial score (nSPS) is 13.0. The summed E-state index contributed by atoms with van der Waals surface area (Å²) in [6, 6.07) is 19.7. The first kappa shape index (κ1) is 18.0. The van der Waals surface area contributed by atoms with E-state index in [1.807, 2.05) is 59.5 Å². The highest BCUT2D eigenvalue weighted by atomic mass is 16.5. The van der Waals surface area contributed by atoms with Crippen LogP contribution in [0.5, 0.6) is 5.75 Å². The van der Waals surface area contributed by atoms with Crippen molar-refractivity contribution in [3.63, 3.8) is 0 Å². The van der Waals surface area contributed by atoms with Gasteiger partial charge in [0.15, 0.2) is 0 Å². The number of amides is 1. The second kappa shape index (κ2) is 8.13. The number of aryl methyl sites for hydroxylation is 1. The van der Waals surface area contributed by atoms with Crippen LogP contribution in [-0.2, 0) is 13.0 Å². The minimum Gasteiger partial charge on any atom is -0.497 e. The molecule has 5 nitrogen and oxygen atoms in total. The van der Waals surface area contributed by atoms with Gasteiger partial charge in [-0.25, -0.2) is 4.98 Å². The van der Waals surface area contributed by atoms with Crippen molar-refractivity contribution >= 4 is 17.4 Å². The van der Waals surface area contributed by atoms with Crippen molar-refractivity contribution in [1.29, 1.82) is 0 Å². The maximum Gasteiger partial charge on any atom is 0.259 e. The molecule has 0 fully saturated rings. The minimum absolute atomic E-state index is 0.00125. The number of rotatable bonds is 5. The molecule has 3 aromatic rings. The molecule has 0 saturated heterocycles. The number of methoxy groups -OCH3 is 1. The molecule has 1 N–H and O–H groups in total. The number of nitrogens with one attached hydrogen (secondary N) is 1. The predicted octanol–water partition coefficient (Wildman–Crippen LogP) is 4.30. The first-order chi connectivity index (χ1) is 13.7. The Morgan fingerprint density at radius 3 is 2.68 bits per heavy atom. The van der Waals surface area contributed by atoms with Gasteiger partial charge in [-0.2, -0.15) is 0 Å². The van der Waals surface area contributed by atoms with Gasteiger partial charge in [0, 0.05) is 25.0 Å². The lowest BCUT2D eigenvalue weighted by atomic mass is 10.0. The van der Waals surface area contributed by atoms with Gasteiger partial charge in [-0.15, -0.1) is 0 Å². The molecule has 5 heteroatoms. The van der Waals surface area contributed by atoms with Crippen molar-refractivity contribution in [3.05, 3.63) is 83.6 Å². The number of nitrogens with zero attached hydrogens (tertiary/aromatic N) is 2. The summed E-state index contributed by atoms with van der Waals surface area (Å²) in [4.78, 5) is 19.2. The fraction of sp³-hybridized carbons (Fsp3) is 0.217.